The van der Waals surface area contributed by atoms with Crippen molar-refractivity contribution in [3.8, 4) is 5.75 Å². The van der Waals surface area contributed by atoms with Crippen LogP contribution in [0.15, 0.2) is 18.2 Å². The number of nitrogens with one attached hydrogen (secondary N) is 3. The molecule has 0 unspecified atom stereocenters. The molecule has 0 spiro atoms. The Labute approximate surface area is 160 Å². The van der Waals surface area contributed by atoms with Crippen LogP contribution < -0.4 is 20.7 Å². The van der Waals surface area contributed by atoms with Crippen LogP contribution in [0.5, 0.6) is 5.75 Å². The zero-order valence-electron chi connectivity index (χ0n) is 15.9. The maximum Gasteiger partial charge on any atom is 0.224 e. The lowest BCUT2D eigenvalue weighted by atomic mass is 10.0. The van der Waals surface area contributed by atoms with Gasteiger partial charge in [-0.1, -0.05) is 0 Å². The maximum atomic E-state index is 11.9. The molecule has 2 amide bonds. The fourth-order valence-corrected chi connectivity index (χ4v) is 3.43. The third-order valence-corrected chi connectivity index (χ3v) is 4.97. The van der Waals surface area contributed by atoms with Crippen molar-refractivity contribution >= 4 is 17.5 Å². The third-order valence-electron chi connectivity index (χ3n) is 4.97. The average Bonchev–Trinajstić information content (AvgIpc) is 2.69. The Hall–Kier alpha value is -2.12. The minimum absolute atomic E-state index is 0.0649. The van der Waals surface area contributed by atoms with Crippen molar-refractivity contribution in [1.29, 1.82) is 0 Å². The first-order valence-electron chi connectivity index (χ1n) is 9.96. The molecule has 148 valence electrons. The van der Waals surface area contributed by atoms with Crippen LogP contribution in [0.4, 0.5) is 5.69 Å². The van der Waals surface area contributed by atoms with Crippen molar-refractivity contribution in [2.75, 3.05) is 51.2 Å². The second-order valence-electron chi connectivity index (χ2n) is 7.11. The van der Waals surface area contributed by atoms with Crippen molar-refractivity contribution < 1.29 is 14.3 Å². The quantitative estimate of drug-likeness (QED) is 0.565. The number of nitrogens with zero attached hydrogens (tertiary/aromatic N) is 1. The maximum absolute atomic E-state index is 11.9. The highest BCUT2D eigenvalue weighted by atomic mass is 16.5. The Kier molecular flexibility index (Phi) is 7.47. The highest BCUT2D eigenvalue weighted by Gasteiger charge is 2.15. The normalized spacial score (nSPS) is 17.1. The van der Waals surface area contributed by atoms with Crippen LogP contribution in [0.2, 0.25) is 0 Å². The monoisotopic (exact) mass is 374 g/mol. The van der Waals surface area contributed by atoms with E-state index in [0.717, 1.165) is 69.1 Å². The Morgan fingerprint density at radius 2 is 2.04 bits per heavy atom. The molecule has 7 heteroatoms. The molecule has 1 aromatic rings. The summed E-state index contributed by atoms with van der Waals surface area (Å²) in [6.45, 7) is 6.61. The van der Waals surface area contributed by atoms with Crippen LogP contribution in [0.3, 0.4) is 0 Å². The minimum Gasteiger partial charge on any atom is -0.494 e. The number of hydrogen-bond donors (Lipinski definition) is 3. The molecular formula is C20H30N4O3. The molecule has 1 saturated heterocycles. The summed E-state index contributed by atoms with van der Waals surface area (Å²) in [4.78, 5) is 25.7. The van der Waals surface area contributed by atoms with Gasteiger partial charge in [0.05, 0.1) is 6.61 Å². The zero-order valence-corrected chi connectivity index (χ0v) is 15.9. The molecule has 2 aliphatic rings. The molecule has 2 heterocycles. The first kappa shape index (κ1) is 19.6. The third kappa shape index (κ3) is 6.52. The standard InChI is InChI=1S/C20H30N4O3/c25-19(22-8-2-11-24-12-9-21-10-13-24)3-1-14-27-17-5-6-18-16(15-17)4-7-20(26)23-18/h5-6,15,21H,1-4,7-14H2,(H,22,25)(H,23,26). The number of anilines is 1. The van der Waals surface area contributed by atoms with Gasteiger partial charge in [0.2, 0.25) is 11.8 Å². The fraction of sp³-hybridized carbons (Fsp3) is 0.600. The summed E-state index contributed by atoms with van der Waals surface area (Å²) in [5.74, 6) is 0.948. The second-order valence-corrected chi connectivity index (χ2v) is 7.11. The highest BCUT2D eigenvalue weighted by Crippen LogP contribution is 2.26. The summed E-state index contributed by atoms with van der Waals surface area (Å²) >= 11 is 0. The number of carbonyl (C=O) groups excluding carboxylic acids is 2. The van der Waals surface area contributed by atoms with E-state index in [9.17, 15) is 9.59 Å². The van der Waals surface area contributed by atoms with Gasteiger partial charge in [0.15, 0.2) is 0 Å². The van der Waals surface area contributed by atoms with Crippen molar-refractivity contribution in [3.05, 3.63) is 23.8 Å². The van der Waals surface area contributed by atoms with Gasteiger partial charge in [-0.25, -0.2) is 0 Å². The smallest absolute Gasteiger partial charge is 0.224 e. The van der Waals surface area contributed by atoms with E-state index in [0.29, 0.717) is 25.9 Å². The number of fused-ring (bicyclic) bond motifs is 1. The topological polar surface area (TPSA) is 82.7 Å². The van der Waals surface area contributed by atoms with E-state index in [1.165, 1.54) is 0 Å². The first-order chi connectivity index (χ1) is 13.2. The number of ether oxygens (including phenoxy) is 1. The number of aryl methyl sites for hydroxylation is 1. The van der Waals surface area contributed by atoms with Crippen molar-refractivity contribution in [1.82, 2.24) is 15.5 Å². The summed E-state index contributed by atoms with van der Waals surface area (Å²) in [6.07, 6.45) is 3.43. The molecule has 0 aliphatic carbocycles. The number of carbonyl (C=O) groups is 2. The van der Waals surface area contributed by atoms with Gasteiger partial charge in [0.1, 0.15) is 5.75 Å². The lowest BCUT2D eigenvalue weighted by Gasteiger charge is -2.27. The Morgan fingerprint density at radius 1 is 1.19 bits per heavy atom. The van der Waals surface area contributed by atoms with Gasteiger partial charge in [-0.2, -0.15) is 0 Å². The SMILES string of the molecule is O=C(CCCOc1ccc2c(c1)CCC(=O)N2)NCCCN1CCNCC1. The van der Waals surface area contributed by atoms with E-state index in [1.54, 1.807) is 0 Å². The van der Waals surface area contributed by atoms with E-state index in [4.69, 9.17) is 4.74 Å². The van der Waals surface area contributed by atoms with Gasteiger partial charge >= 0.3 is 0 Å². The fourth-order valence-electron chi connectivity index (χ4n) is 3.43. The number of piperazine rings is 1. The molecule has 7 nitrogen and oxygen atoms in total. The summed E-state index contributed by atoms with van der Waals surface area (Å²) in [6, 6.07) is 5.72. The van der Waals surface area contributed by atoms with E-state index < -0.39 is 0 Å². The average molecular weight is 374 g/mol. The van der Waals surface area contributed by atoms with E-state index in [1.807, 2.05) is 18.2 Å². The predicted octanol–water partition coefficient (Wildman–Crippen LogP) is 1.14. The summed E-state index contributed by atoms with van der Waals surface area (Å²) in [7, 11) is 0. The van der Waals surface area contributed by atoms with Crippen LogP contribution in [0.1, 0.15) is 31.2 Å². The van der Waals surface area contributed by atoms with Crippen molar-refractivity contribution in [2.24, 2.45) is 0 Å². The Bertz CT molecular complexity index is 644. The van der Waals surface area contributed by atoms with Crippen LogP contribution in [0.25, 0.3) is 0 Å². The van der Waals surface area contributed by atoms with Gasteiger partial charge < -0.3 is 25.6 Å². The summed E-state index contributed by atoms with van der Waals surface area (Å²) in [5, 5.41) is 9.19. The number of rotatable bonds is 9. The molecule has 3 rings (SSSR count). The summed E-state index contributed by atoms with van der Waals surface area (Å²) in [5.41, 5.74) is 1.98. The molecule has 3 N–H and O–H groups in total. The molecule has 0 atom stereocenters. The van der Waals surface area contributed by atoms with E-state index in [2.05, 4.69) is 20.9 Å². The number of benzene rings is 1. The van der Waals surface area contributed by atoms with Gasteiger partial charge in [-0.05, 0) is 49.6 Å². The van der Waals surface area contributed by atoms with Crippen LogP contribution >= 0.6 is 0 Å². The van der Waals surface area contributed by atoms with Crippen LogP contribution in [0, 0.1) is 0 Å². The zero-order chi connectivity index (χ0) is 18.9. The minimum atomic E-state index is 0.0649. The predicted molar refractivity (Wildman–Crippen MR) is 105 cm³/mol. The number of amides is 2. The van der Waals surface area contributed by atoms with E-state index in [-0.39, 0.29) is 11.8 Å². The van der Waals surface area contributed by atoms with Gasteiger partial charge in [-0.15, -0.1) is 0 Å². The molecule has 0 radical (unpaired) electrons. The molecular weight excluding hydrogens is 344 g/mol. The van der Waals surface area contributed by atoms with E-state index >= 15 is 0 Å². The highest BCUT2D eigenvalue weighted by molar-refractivity contribution is 5.94. The van der Waals surface area contributed by atoms with Crippen molar-refractivity contribution in [3.63, 3.8) is 0 Å². The Balaban J connectivity index is 1.25. The second kappa shape index (κ2) is 10.3. The molecule has 1 fully saturated rings. The molecule has 2 aliphatic heterocycles. The molecule has 0 saturated carbocycles. The molecule has 0 bridgehead atoms. The van der Waals surface area contributed by atoms with Gasteiger partial charge in [0.25, 0.3) is 0 Å². The van der Waals surface area contributed by atoms with Crippen molar-refractivity contribution in [2.45, 2.75) is 32.1 Å². The molecule has 0 aromatic heterocycles. The lowest BCUT2D eigenvalue weighted by Crippen LogP contribution is -2.44. The van der Waals surface area contributed by atoms with Crippen LogP contribution in [-0.2, 0) is 16.0 Å². The molecule has 27 heavy (non-hydrogen) atoms. The first-order valence-corrected chi connectivity index (χ1v) is 9.96. The number of hydrogen-bond acceptors (Lipinski definition) is 5. The van der Waals surface area contributed by atoms with Gasteiger partial charge in [0, 0.05) is 51.3 Å². The largest absolute Gasteiger partial charge is 0.494 e. The van der Waals surface area contributed by atoms with Gasteiger partial charge in [-0.3, -0.25) is 9.59 Å². The molecule has 1 aromatic carbocycles. The Morgan fingerprint density at radius 3 is 2.89 bits per heavy atom. The summed E-state index contributed by atoms with van der Waals surface area (Å²) < 4.78 is 5.75. The van der Waals surface area contributed by atoms with Crippen LogP contribution in [-0.4, -0.2) is 62.6 Å². The lowest BCUT2D eigenvalue weighted by molar-refractivity contribution is -0.121.